The van der Waals surface area contributed by atoms with Crippen molar-refractivity contribution in [2.24, 2.45) is 11.7 Å². The molecule has 9 amide bonds. The third-order valence-corrected chi connectivity index (χ3v) is 18.2. The number of likely N-dealkylation sites (tertiary alicyclic amines) is 1. The number of halogens is 3. The summed E-state index contributed by atoms with van der Waals surface area (Å²) >= 11 is 0.908. The predicted octanol–water partition coefficient (Wildman–Crippen LogP) is 3.37. The van der Waals surface area contributed by atoms with Crippen molar-refractivity contribution in [3.8, 4) is 11.8 Å². The van der Waals surface area contributed by atoms with Crippen molar-refractivity contribution in [2.45, 2.75) is 126 Å². The zero-order valence-electron chi connectivity index (χ0n) is 45.2. The van der Waals surface area contributed by atoms with Crippen LogP contribution in [0, 0.1) is 23.6 Å². The number of rotatable bonds is 17. The number of primary amides is 1. The average Bonchev–Trinajstić information content (AvgIpc) is 4.31. The Bertz CT molecular complexity index is 3360. The largest absolute Gasteiger partial charge is 0.399 e. The number of thiophene rings is 1. The van der Waals surface area contributed by atoms with E-state index in [1.165, 1.54) is 46.2 Å². The summed E-state index contributed by atoms with van der Waals surface area (Å²) in [4.78, 5) is 146. The Balaban J connectivity index is 0.841. The summed E-state index contributed by atoms with van der Waals surface area (Å²) < 4.78 is 55.1. The minimum absolute atomic E-state index is 0.0148. The SMILES string of the molecule is CN1CC[C@H]2CC[C@@H](C(=O)N[C@@H](CCC(N)=O)C(=O)N[C@@H](Cc3ccc(F)cc3)C(=O)N3CCC(CCC#Cc4cccc5c4CN(C4CCC(=O)NC4=O)C5=O)CC3)N2C(=O)[C@@H](NC(=O)c2cc3cc(C(F)(F)P(=O)(O)O)ccc3s2)C1. The molecule has 0 radical (unpaired) electrons. The van der Waals surface area contributed by atoms with Gasteiger partial charge >= 0.3 is 13.3 Å². The number of likely N-dealkylation sites (N-methyl/N-ethyl adjacent to an activating group) is 1. The Morgan fingerprint density at radius 1 is 0.916 bits per heavy atom. The van der Waals surface area contributed by atoms with Crippen LogP contribution >= 0.6 is 18.9 Å². The van der Waals surface area contributed by atoms with Gasteiger partial charge in [-0.15, -0.1) is 11.3 Å². The van der Waals surface area contributed by atoms with E-state index in [0.717, 1.165) is 29.0 Å². The molecule has 9 rings (SSSR count). The van der Waals surface area contributed by atoms with Gasteiger partial charge in [-0.3, -0.25) is 53.0 Å². The number of nitrogens with one attached hydrogen (secondary N) is 4. The molecule has 4 fully saturated rings. The van der Waals surface area contributed by atoms with Crippen molar-refractivity contribution in [1.82, 2.24) is 40.9 Å². The molecule has 3 aromatic carbocycles. The predicted molar refractivity (Wildman–Crippen MR) is 295 cm³/mol. The molecule has 0 saturated carbocycles. The number of piperidine rings is 2. The van der Waals surface area contributed by atoms with Crippen molar-refractivity contribution in [3.63, 3.8) is 0 Å². The van der Waals surface area contributed by atoms with E-state index in [9.17, 15) is 70.7 Å². The zero-order valence-corrected chi connectivity index (χ0v) is 47.0. The summed E-state index contributed by atoms with van der Waals surface area (Å²) in [7, 11) is -4.12. The van der Waals surface area contributed by atoms with Gasteiger partial charge in [-0.1, -0.05) is 36.1 Å². The first kappa shape index (κ1) is 60.1. The van der Waals surface area contributed by atoms with E-state index in [1.807, 2.05) is 11.0 Å². The Morgan fingerprint density at radius 2 is 1.66 bits per heavy atom. The van der Waals surface area contributed by atoms with E-state index in [2.05, 4.69) is 33.1 Å². The summed E-state index contributed by atoms with van der Waals surface area (Å²) in [5.74, 6) is 0.871. The van der Waals surface area contributed by atoms with Crippen LogP contribution in [0.15, 0.2) is 66.7 Å². The van der Waals surface area contributed by atoms with E-state index >= 15 is 0 Å². The first-order valence-electron chi connectivity index (χ1n) is 27.4. The lowest BCUT2D eigenvalue weighted by Gasteiger charge is -2.38. The molecule has 6 heterocycles. The van der Waals surface area contributed by atoms with Gasteiger partial charge in [0.05, 0.1) is 4.88 Å². The lowest BCUT2D eigenvalue weighted by atomic mass is 9.91. The molecule has 1 aromatic heterocycles. The number of fused-ring (bicyclic) bond motifs is 3. The number of nitrogens with zero attached hydrogens (tertiary/aromatic N) is 4. The first-order chi connectivity index (χ1) is 39.4. The van der Waals surface area contributed by atoms with Crippen molar-refractivity contribution in [3.05, 3.63) is 105 Å². The van der Waals surface area contributed by atoms with Crippen LogP contribution in [0.4, 0.5) is 13.2 Å². The van der Waals surface area contributed by atoms with Gasteiger partial charge < -0.3 is 51.1 Å². The Hall–Kier alpha value is -7.49. The molecule has 26 heteroatoms. The van der Waals surface area contributed by atoms with Gasteiger partial charge in [-0.2, -0.15) is 8.78 Å². The molecule has 6 atom stereocenters. The summed E-state index contributed by atoms with van der Waals surface area (Å²) in [6.45, 7) is 1.37. The van der Waals surface area contributed by atoms with Crippen LogP contribution in [0.5, 0.6) is 0 Å². The Kier molecular flexibility index (Phi) is 18.2. The fraction of sp³-hybridized carbons (Fsp3) is 0.456. The molecule has 0 aliphatic carbocycles. The van der Waals surface area contributed by atoms with E-state index in [-0.39, 0.29) is 79.6 Å². The lowest BCUT2D eigenvalue weighted by Crippen LogP contribution is -2.61. The highest BCUT2D eigenvalue weighted by atomic mass is 32.1. The Morgan fingerprint density at radius 3 is 2.37 bits per heavy atom. The molecule has 4 saturated heterocycles. The molecule has 5 aliphatic heterocycles. The summed E-state index contributed by atoms with van der Waals surface area (Å²) in [5, 5.41) is 10.7. The number of benzene rings is 3. The molecule has 4 aromatic rings. The molecule has 0 spiro atoms. The van der Waals surface area contributed by atoms with E-state index < -0.39 is 102 Å². The number of carbonyl (C=O) groups is 9. The number of amides is 9. The molecule has 83 heavy (non-hydrogen) atoms. The maximum Gasteiger partial charge on any atom is 0.399 e. The first-order valence-corrected chi connectivity index (χ1v) is 29.9. The second kappa shape index (κ2) is 25.2. The zero-order chi connectivity index (χ0) is 59.5. The summed E-state index contributed by atoms with van der Waals surface area (Å²) in [6, 6.07) is 8.73. The standard InChI is InChI=1S/C57H63F3N9O12PS/c1-66-24-23-38-14-16-45(69(38)56(78)43(31-66)64-53(75)47-29-35-28-36(11-18-46(35)83-47)57(59,60)82(79,80)81)52(74)62-41(15-19-48(61)70)50(72)63-42(27-33-9-12-37(58)13-10-33)55(77)67-25-21-32(22-26-67)5-2-3-6-34-7-4-8-39-40(34)30-68(54(39)76)44-17-20-49(71)65-51(44)73/h4,7-13,18,28-29,32,38,41-45H,2,5,14-17,19-27,30-31H2,1H3,(H2,61,70)(H,62,74)(H,63,72)(H,64,75)(H,65,71,73)(H2,79,80,81)/t38-,41+,42+,43+,44?,45+/m1/s1. The molecule has 440 valence electrons. The minimum Gasteiger partial charge on any atom is -0.370 e. The number of nitrogens with two attached hydrogens (primary N) is 1. The van der Waals surface area contributed by atoms with Gasteiger partial charge in [-0.05, 0) is 130 Å². The van der Waals surface area contributed by atoms with Crippen LogP contribution < -0.4 is 27.0 Å². The number of hydrogen-bond acceptors (Lipinski definition) is 12. The Labute approximate surface area is 479 Å². The molecule has 21 nitrogen and oxygen atoms in total. The number of carbonyl (C=O) groups excluding carboxylic acids is 9. The van der Waals surface area contributed by atoms with Gasteiger partial charge in [0, 0.05) is 79.3 Å². The number of alkyl halides is 2. The molecule has 8 N–H and O–H groups in total. The van der Waals surface area contributed by atoms with Crippen molar-refractivity contribution in [1.29, 1.82) is 0 Å². The summed E-state index contributed by atoms with van der Waals surface area (Å²) in [6.07, 6.45) is 3.22. The third kappa shape index (κ3) is 13.6. The van der Waals surface area contributed by atoms with Crippen LogP contribution in [-0.2, 0) is 56.8 Å². The average molecular weight is 1190 g/mol. The second-order valence-corrected chi connectivity index (χ2v) is 24.6. The van der Waals surface area contributed by atoms with Crippen LogP contribution in [0.3, 0.4) is 0 Å². The van der Waals surface area contributed by atoms with Crippen molar-refractivity contribution in [2.75, 3.05) is 33.2 Å². The fourth-order valence-corrected chi connectivity index (χ4v) is 13.0. The van der Waals surface area contributed by atoms with Crippen molar-refractivity contribution >= 4 is 82.2 Å². The number of imide groups is 1. The lowest BCUT2D eigenvalue weighted by molar-refractivity contribution is -0.144. The highest BCUT2D eigenvalue weighted by Gasteiger charge is 2.51. The monoisotopic (exact) mass is 1190 g/mol. The van der Waals surface area contributed by atoms with E-state index in [0.29, 0.717) is 79.5 Å². The van der Waals surface area contributed by atoms with E-state index in [1.54, 1.807) is 24.1 Å². The molecule has 5 aliphatic rings. The molecular weight excluding hydrogens is 1120 g/mol. The van der Waals surface area contributed by atoms with Crippen LogP contribution in [0.1, 0.15) is 113 Å². The smallest absolute Gasteiger partial charge is 0.370 e. The highest BCUT2D eigenvalue weighted by molar-refractivity contribution is 7.52. The maximum absolute atomic E-state index is 14.6. The van der Waals surface area contributed by atoms with Gasteiger partial charge in [0.15, 0.2) is 0 Å². The molecule has 1 unspecified atom stereocenters. The highest BCUT2D eigenvalue weighted by Crippen LogP contribution is 2.59. The quantitative estimate of drug-likeness (QED) is 0.0454. The van der Waals surface area contributed by atoms with Crippen LogP contribution in [-0.4, -0.2) is 152 Å². The van der Waals surface area contributed by atoms with Gasteiger partial charge in [0.1, 0.15) is 36.0 Å². The van der Waals surface area contributed by atoms with Crippen molar-refractivity contribution < 1.29 is 70.7 Å². The minimum atomic E-state index is -5.88. The molecular formula is C57H63F3N9O12PS. The second-order valence-electron chi connectivity index (χ2n) is 21.8. The maximum atomic E-state index is 14.6. The number of hydrogen-bond donors (Lipinski definition) is 7. The normalized spacial score (nSPS) is 21.4. The fourth-order valence-electron chi connectivity index (χ4n) is 11.6. The van der Waals surface area contributed by atoms with E-state index in [4.69, 9.17) is 5.73 Å². The topological polar surface area (TPSA) is 298 Å². The van der Waals surface area contributed by atoms with Crippen LogP contribution in [0.25, 0.3) is 10.1 Å². The molecule has 0 bridgehead atoms. The van der Waals surface area contributed by atoms with Gasteiger partial charge in [0.25, 0.3) is 11.8 Å². The van der Waals surface area contributed by atoms with Crippen LogP contribution in [0.2, 0.25) is 0 Å². The third-order valence-electron chi connectivity index (χ3n) is 16.1. The van der Waals surface area contributed by atoms with Gasteiger partial charge in [-0.25, -0.2) is 4.39 Å². The van der Waals surface area contributed by atoms with Gasteiger partial charge in [0.2, 0.25) is 41.4 Å². The summed E-state index contributed by atoms with van der Waals surface area (Å²) in [5.41, 5.74) is 2.50.